The van der Waals surface area contributed by atoms with Gasteiger partial charge in [-0.15, -0.1) is 0 Å². The van der Waals surface area contributed by atoms with Gasteiger partial charge in [0.25, 0.3) is 0 Å². The van der Waals surface area contributed by atoms with Crippen molar-refractivity contribution < 1.29 is 9.59 Å². The lowest BCUT2D eigenvalue weighted by molar-refractivity contribution is -0.129. The Balaban J connectivity index is 0.000000148. The van der Waals surface area contributed by atoms with Crippen molar-refractivity contribution in [3.8, 4) is 0 Å². The first-order valence-corrected chi connectivity index (χ1v) is 20.2. The van der Waals surface area contributed by atoms with Crippen LogP contribution < -0.4 is 15.1 Å². The lowest BCUT2D eigenvalue weighted by atomic mass is 10.1. The van der Waals surface area contributed by atoms with E-state index < -0.39 is 0 Å². The molecule has 0 radical (unpaired) electrons. The molecule has 0 saturated carbocycles. The fourth-order valence-electron chi connectivity index (χ4n) is 8.94. The molecule has 0 spiro atoms. The standard InChI is InChI=1S/C22H26N6O.C21H24N6O/c1-25-13-14-27(16-21(25)29)22-18(24-20-9-3-5-12-28(20)22)15-26-11-6-8-19(26)17-7-2-4-10-23-17;28-20-15-26(13-10-23-20)21-17(24-19-8-2-4-12-27(19)21)14-25-11-5-7-18(25)16-6-1-3-9-22-16/h2-5,7,9-10,12,19H,6,8,11,13-16H2,1H3;1-4,6,8-9,12,18H,5,7,10-11,13-15H2,(H,23,28). The normalized spacial score (nSPS) is 20.7. The quantitative estimate of drug-likeness (QED) is 0.240. The Labute approximate surface area is 332 Å². The van der Waals surface area contributed by atoms with Gasteiger partial charge in [0.05, 0.1) is 47.9 Å². The molecule has 10 heterocycles. The van der Waals surface area contributed by atoms with Crippen LogP contribution >= 0.6 is 0 Å². The van der Waals surface area contributed by atoms with Crippen LogP contribution in [0, 0.1) is 0 Å². The lowest BCUT2D eigenvalue weighted by Gasteiger charge is -2.34. The van der Waals surface area contributed by atoms with E-state index in [1.165, 1.54) is 0 Å². The first-order chi connectivity index (χ1) is 28.0. The fraction of sp³-hybridized carbons (Fsp3) is 0.395. The van der Waals surface area contributed by atoms with Crippen LogP contribution in [0.2, 0.25) is 0 Å². The molecule has 0 bridgehead atoms. The maximum atomic E-state index is 12.4. The monoisotopic (exact) mass is 766 g/mol. The molecule has 4 aliphatic heterocycles. The second-order valence-electron chi connectivity index (χ2n) is 15.4. The van der Waals surface area contributed by atoms with Gasteiger partial charge in [-0.1, -0.05) is 24.3 Å². The highest BCUT2D eigenvalue weighted by molar-refractivity contribution is 5.83. The SMILES string of the molecule is CN1CCN(c2c(CN3CCCC3c3ccccn3)nc3ccccn23)CC1=O.O=C1CN(c2c(CN3CCCC3c3ccccn3)nc3ccccn23)CCN1. The Morgan fingerprint density at radius 1 is 0.632 bits per heavy atom. The number of fused-ring (bicyclic) bond motifs is 2. The predicted molar refractivity (Wildman–Crippen MR) is 219 cm³/mol. The van der Waals surface area contributed by atoms with Crippen molar-refractivity contribution in [3.63, 3.8) is 0 Å². The number of carbonyl (C=O) groups excluding carboxylic acids is 2. The van der Waals surface area contributed by atoms with Gasteiger partial charge in [-0.25, -0.2) is 9.97 Å². The van der Waals surface area contributed by atoms with E-state index in [0.29, 0.717) is 31.7 Å². The minimum absolute atomic E-state index is 0.0654. The number of pyridine rings is 4. The molecule has 0 aromatic carbocycles. The summed E-state index contributed by atoms with van der Waals surface area (Å²) in [7, 11) is 1.87. The van der Waals surface area contributed by atoms with Gasteiger partial charge < -0.3 is 20.0 Å². The summed E-state index contributed by atoms with van der Waals surface area (Å²) in [6.45, 7) is 7.39. The first kappa shape index (κ1) is 36.8. The molecule has 2 unspecified atom stereocenters. The van der Waals surface area contributed by atoms with Crippen LogP contribution in [0.1, 0.15) is 60.5 Å². The van der Waals surface area contributed by atoms with Crippen molar-refractivity contribution in [1.82, 2.24) is 48.8 Å². The molecular weight excluding hydrogens is 717 g/mol. The summed E-state index contributed by atoms with van der Waals surface area (Å²) < 4.78 is 4.24. The molecule has 57 heavy (non-hydrogen) atoms. The Hall–Kier alpha value is -5.86. The zero-order valence-electron chi connectivity index (χ0n) is 32.5. The molecule has 1 N–H and O–H groups in total. The molecule has 2 atom stereocenters. The lowest BCUT2D eigenvalue weighted by Crippen LogP contribution is -2.49. The van der Waals surface area contributed by atoms with E-state index >= 15 is 0 Å². The summed E-state index contributed by atoms with van der Waals surface area (Å²) in [6, 6.07) is 25.0. The van der Waals surface area contributed by atoms with E-state index in [1.807, 2.05) is 80.4 Å². The minimum Gasteiger partial charge on any atom is -0.353 e. The third-order valence-electron chi connectivity index (χ3n) is 11.7. The molecule has 4 saturated heterocycles. The summed E-state index contributed by atoms with van der Waals surface area (Å²) in [5, 5.41) is 2.91. The van der Waals surface area contributed by atoms with Gasteiger partial charge in [0.1, 0.15) is 22.9 Å². The minimum atomic E-state index is 0.0654. The average Bonchev–Trinajstić information content (AvgIpc) is 4.05. The van der Waals surface area contributed by atoms with Crippen molar-refractivity contribution in [3.05, 3.63) is 120 Å². The molecule has 0 aliphatic carbocycles. The molecule has 4 aliphatic rings. The predicted octanol–water partition coefficient (Wildman–Crippen LogP) is 4.35. The van der Waals surface area contributed by atoms with Crippen LogP contribution in [-0.4, -0.2) is 115 Å². The van der Waals surface area contributed by atoms with E-state index in [9.17, 15) is 9.59 Å². The van der Waals surface area contributed by atoms with Gasteiger partial charge in [-0.3, -0.25) is 38.2 Å². The van der Waals surface area contributed by atoms with Crippen LogP contribution in [0.15, 0.2) is 97.6 Å². The van der Waals surface area contributed by atoms with Crippen LogP contribution in [0.25, 0.3) is 11.3 Å². The van der Waals surface area contributed by atoms with E-state index in [-0.39, 0.29) is 11.8 Å². The number of amides is 2. The molecule has 2 amide bonds. The van der Waals surface area contributed by atoms with Crippen molar-refractivity contribution >= 4 is 34.7 Å². The number of aromatic nitrogens is 6. The second-order valence-corrected chi connectivity index (χ2v) is 15.4. The Morgan fingerprint density at radius 2 is 1.18 bits per heavy atom. The maximum absolute atomic E-state index is 12.4. The van der Waals surface area contributed by atoms with E-state index in [4.69, 9.17) is 9.97 Å². The van der Waals surface area contributed by atoms with Crippen molar-refractivity contribution in [2.24, 2.45) is 0 Å². The average molecular weight is 767 g/mol. The number of anilines is 2. The van der Waals surface area contributed by atoms with Crippen LogP contribution in [0.4, 0.5) is 11.6 Å². The Bertz CT molecular complexity index is 2330. The summed E-state index contributed by atoms with van der Waals surface area (Å²) in [4.78, 5) is 54.5. The third-order valence-corrected chi connectivity index (χ3v) is 11.7. The molecule has 6 aromatic heterocycles. The van der Waals surface area contributed by atoms with Crippen molar-refractivity contribution in [1.29, 1.82) is 0 Å². The topological polar surface area (TPSA) is 123 Å². The largest absolute Gasteiger partial charge is 0.353 e. The van der Waals surface area contributed by atoms with Gasteiger partial charge >= 0.3 is 0 Å². The van der Waals surface area contributed by atoms with E-state index in [1.54, 1.807) is 4.90 Å². The number of hydrogen-bond acceptors (Lipinski definition) is 10. The zero-order valence-corrected chi connectivity index (χ0v) is 32.5. The first-order valence-electron chi connectivity index (χ1n) is 20.2. The number of carbonyl (C=O) groups is 2. The third kappa shape index (κ3) is 7.66. The molecule has 10 rings (SSSR count). The number of piperazine rings is 2. The van der Waals surface area contributed by atoms with Crippen molar-refractivity contribution in [2.45, 2.75) is 50.9 Å². The van der Waals surface area contributed by atoms with Gasteiger partial charge in [-0.2, -0.15) is 0 Å². The smallest absolute Gasteiger partial charge is 0.241 e. The summed E-state index contributed by atoms with van der Waals surface area (Å²) in [5.41, 5.74) is 6.18. The second kappa shape index (κ2) is 16.3. The van der Waals surface area contributed by atoms with Gasteiger partial charge in [-0.05, 0) is 87.3 Å². The van der Waals surface area contributed by atoms with E-state index in [0.717, 1.165) is 117 Å². The number of likely N-dealkylation sites (tertiary alicyclic amines) is 2. The highest BCUT2D eigenvalue weighted by Gasteiger charge is 2.33. The number of likely N-dealkylation sites (N-methyl/N-ethyl adjacent to an activating group) is 1. The fourth-order valence-corrected chi connectivity index (χ4v) is 8.94. The molecule has 4 fully saturated rings. The highest BCUT2D eigenvalue weighted by Crippen LogP contribution is 2.36. The van der Waals surface area contributed by atoms with Gasteiger partial charge in [0.15, 0.2) is 0 Å². The van der Waals surface area contributed by atoms with Gasteiger partial charge in [0, 0.05) is 71.1 Å². The Kier molecular flexibility index (Phi) is 10.5. The van der Waals surface area contributed by atoms with Crippen LogP contribution in [0.5, 0.6) is 0 Å². The summed E-state index contributed by atoms with van der Waals surface area (Å²) in [6.07, 6.45) is 12.4. The number of hydrogen-bond donors (Lipinski definition) is 1. The van der Waals surface area contributed by atoms with E-state index in [2.05, 4.69) is 68.0 Å². The van der Waals surface area contributed by atoms with Crippen LogP contribution in [-0.2, 0) is 22.7 Å². The number of rotatable bonds is 8. The highest BCUT2D eigenvalue weighted by atomic mass is 16.2. The molecule has 14 nitrogen and oxygen atoms in total. The maximum Gasteiger partial charge on any atom is 0.241 e. The van der Waals surface area contributed by atoms with Crippen molar-refractivity contribution in [2.75, 3.05) is 69.2 Å². The van der Waals surface area contributed by atoms with Gasteiger partial charge in [0.2, 0.25) is 11.8 Å². The zero-order chi connectivity index (χ0) is 38.7. The summed E-state index contributed by atoms with van der Waals surface area (Å²) in [5.74, 6) is 2.31. The number of imidazole rings is 2. The molecular formula is C43H50N12O2. The van der Waals surface area contributed by atoms with Crippen LogP contribution in [0.3, 0.4) is 0 Å². The molecule has 6 aromatic rings. The number of nitrogens with zero attached hydrogens (tertiary/aromatic N) is 11. The molecule has 294 valence electrons. The Morgan fingerprint density at radius 3 is 1.68 bits per heavy atom. The molecule has 14 heteroatoms. The number of nitrogens with one attached hydrogen (secondary N) is 1. The summed E-state index contributed by atoms with van der Waals surface area (Å²) >= 11 is 0.